The number of hydrogen-bond donors (Lipinski definition) is 4. The lowest BCUT2D eigenvalue weighted by atomic mass is 9.99. The molecule has 6 rings (SSSR count). The Morgan fingerprint density at radius 3 is 2.24 bits per heavy atom. The van der Waals surface area contributed by atoms with Gasteiger partial charge in [0.1, 0.15) is 0 Å². The molecule has 3 saturated heterocycles. The zero-order valence-corrected chi connectivity index (χ0v) is 29.8. The average Bonchev–Trinajstić information content (AvgIpc) is 3.84. The van der Waals surface area contributed by atoms with Crippen molar-refractivity contribution in [2.45, 2.75) is 102 Å². The van der Waals surface area contributed by atoms with E-state index in [1.807, 2.05) is 48.5 Å². The predicted octanol–water partition coefficient (Wildman–Crippen LogP) is 6.07. The minimum absolute atomic E-state index is 0.00221. The minimum Gasteiger partial charge on any atom is -0.397 e. The SMILES string of the molecule is Nc1ccccc1NC(=O)CCCCCC(=O)NCc1ccc([C@@H]2O[C@H](CN3CCC[C@H]3CN3CCCC3)C[C@H](c3ccc(CO)cc3)O2)cc1. The van der Waals surface area contributed by atoms with Gasteiger partial charge in [0.05, 0.1) is 30.2 Å². The maximum absolute atomic E-state index is 12.6. The fraction of sp³-hybridized carbons (Fsp3) is 0.512. The van der Waals surface area contributed by atoms with Crippen LogP contribution in [0, 0.1) is 0 Å². The number of benzene rings is 3. The van der Waals surface area contributed by atoms with Crippen LogP contribution in [0.4, 0.5) is 11.4 Å². The molecule has 3 aliphatic rings. The summed E-state index contributed by atoms with van der Waals surface area (Å²) in [7, 11) is 0. The number of nitrogens with zero attached hydrogens (tertiary/aromatic N) is 2. The lowest BCUT2D eigenvalue weighted by Gasteiger charge is -2.39. The molecular weight excluding hydrogens is 642 g/mol. The van der Waals surface area contributed by atoms with Crippen molar-refractivity contribution in [1.82, 2.24) is 15.1 Å². The number of anilines is 2. The molecule has 0 saturated carbocycles. The van der Waals surface area contributed by atoms with Gasteiger partial charge in [-0.1, -0.05) is 67.1 Å². The Hall–Kier alpha value is -3.80. The molecule has 3 heterocycles. The first-order chi connectivity index (χ1) is 24.9. The van der Waals surface area contributed by atoms with E-state index in [0.29, 0.717) is 43.2 Å². The smallest absolute Gasteiger partial charge is 0.224 e. The van der Waals surface area contributed by atoms with Gasteiger partial charge in [-0.25, -0.2) is 0 Å². The number of rotatable bonds is 16. The normalized spacial score (nSPS) is 22.6. The van der Waals surface area contributed by atoms with Gasteiger partial charge >= 0.3 is 0 Å². The van der Waals surface area contributed by atoms with Gasteiger partial charge < -0.3 is 35.8 Å². The van der Waals surface area contributed by atoms with Gasteiger partial charge in [0.2, 0.25) is 11.8 Å². The molecular formula is C41H55N5O5. The summed E-state index contributed by atoms with van der Waals surface area (Å²) in [5, 5.41) is 15.4. The van der Waals surface area contributed by atoms with Gasteiger partial charge in [-0.3, -0.25) is 14.5 Å². The van der Waals surface area contributed by atoms with Crippen molar-refractivity contribution >= 4 is 23.2 Å². The van der Waals surface area contributed by atoms with E-state index in [9.17, 15) is 14.7 Å². The van der Waals surface area contributed by atoms with Crippen molar-refractivity contribution < 1.29 is 24.2 Å². The Balaban J connectivity index is 0.978. The molecule has 4 atom stereocenters. The average molecular weight is 698 g/mol. The van der Waals surface area contributed by atoms with E-state index in [-0.39, 0.29) is 30.6 Å². The van der Waals surface area contributed by atoms with E-state index in [1.54, 1.807) is 12.1 Å². The van der Waals surface area contributed by atoms with Gasteiger partial charge in [0, 0.05) is 50.5 Å². The standard InChI is InChI=1S/C41H55N5O5/c42-36-10-4-5-11-37(36)44-40(49)13-3-1-2-12-39(48)43-26-30-14-20-33(21-15-30)41-50-35(25-38(51-41)32-18-16-31(29-47)17-19-32)28-46-24-8-9-34(46)27-45-22-6-7-23-45/h4-5,10-11,14-21,34-35,38,41,47H,1-3,6-9,12-13,22-29,42H2,(H,43,48)(H,44,49)/t34-,35-,38+,41+/m0/s1. The molecule has 10 nitrogen and oxygen atoms in total. The fourth-order valence-corrected chi connectivity index (χ4v) is 7.55. The summed E-state index contributed by atoms with van der Waals surface area (Å²) >= 11 is 0. The highest BCUT2D eigenvalue weighted by Crippen LogP contribution is 2.39. The summed E-state index contributed by atoms with van der Waals surface area (Å²) in [6.45, 7) is 6.07. The number of ether oxygens (including phenoxy) is 2. The van der Waals surface area contributed by atoms with Gasteiger partial charge in [0.15, 0.2) is 6.29 Å². The van der Waals surface area contributed by atoms with E-state index in [2.05, 4.69) is 32.6 Å². The van der Waals surface area contributed by atoms with Crippen LogP contribution in [0.15, 0.2) is 72.8 Å². The molecule has 0 bridgehead atoms. The van der Waals surface area contributed by atoms with Crippen LogP contribution in [0.1, 0.15) is 98.9 Å². The van der Waals surface area contributed by atoms with Gasteiger partial charge in [0.25, 0.3) is 0 Å². The third kappa shape index (κ3) is 10.9. The summed E-state index contributed by atoms with van der Waals surface area (Å²) in [6, 6.07) is 24.0. The molecule has 51 heavy (non-hydrogen) atoms. The Morgan fingerprint density at radius 1 is 0.784 bits per heavy atom. The van der Waals surface area contributed by atoms with Crippen LogP contribution in [0.25, 0.3) is 0 Å². The van der Waals surface area contributed by atoms with Crippen molar-refractivity contribution in [2.75, 3.05) is 43.8 Å². The highest BCUT2D eigenvalue weighted by Gasteiger charge is 2.36. The second-order valence-electron chi connectivity index (χ2n) is 14.4. The number of hydrogen-bond acceptors (Lipinski definition) is 8. The quantitative estimate of drug-likeness (QED) is 0.105. The van der Waals surface area contributed by atoms with Gasteiger partial charge in [-0.2, -0.15) is 0 Å². The summed E-state index contributed by atoms with van der Waals surface area (Å²) in [4.78, 5) is 30.0. The maximum Gasteiger partial charge on any atom is 0.224 e. The lowest BCUT2D eigenvalue weighted by Crippen LogP contribution is -2.45. The number of aliphatic hydroxyl groups is 1. The number of para-hydroxylation sites is 2. The summed E-state index contributed by atoms with van der Waals surface area (Å²) in [5.41, 5.74) is 11.0. The molecule has 5 N–H and O–H groups in total. The minimum atomic E-state index is -0.498. The highest BCUT2D eigenvalue weighted by atomic mass is 16.7. The number of amides is 2. The van der Waals surface area contributed by atoms with Crippen LogP contribution in [0.3, 0.4) is 0 Å². The zero-order chi connectivity index (χ0) is 35.4. The number of unbranched alkanes of at least 4 members (excludes halogenated alkanes) is 2. The second kappa shape index (κ2) is 18.6. The summed E-state index contributed by atoms with van der Waals surface area (Å²) < 4.78 is 13.3. The summed E-state index contributed by atoms with van der Waals surface area (Å²) in [6.07, 6.45) is 8.36. The third-order valence-corrected chi connectivity index (χ3v) is 10.5. The maximum atomic E-state index is 12.6. The third-order valence-electron chi connectivity index (χ3n) is 10.5. The van der Waals surface area contributed by atoms with Crippen molar-refractivity contribution in [3.63, 3.8) is 0 Å². The predicted molar refractivity (Wildman–Crippen MR) is 200 cm³/mol. The van der Waals surface area contributed by atoms with Crippen LogP contribution < -0.4 is 16.4 Å². The molecule has 0 spiro atoms. The van der Waals surface area contributed by atoms with Crippen LogP contribution in [-0.2, 0) is 32.2 Å². The largest absolute Gasteiger partial charge is 0.397 e. The molecule has 274 valence electrons. The number of nitrogens with two attached hydrogens (primary N) is 1. The Bertz CT molecular complexity index is 1540. The lowest BCUT2D eigenvalue weighted by molar-refractivity contribution is -0.253. The first-order valence-electron chi connectivity index (χ1n) is 18.9. The molecule has 0 radical (unpaired) electrons. The molecule has 3 aliphatic heterocycles. The number of aliphatic hydroxyl groups excluding tert-OH is 1. The molecule has 3 fully saturated rings. The number of nitrogens with one attached hydrogen (secondary N) is 2. The number of likely N-dealkylation sites (tertiary alicyclic amines) is 2. The second-order valence-corrected chi connectivity index (χ2v) is 14.4. The van der Waals surface area contributed by atoms with Crippen molar-refractivity contribution in [2.24, 2.45) is 0 Å². The number of carbonyl (C=O) groups is 2. The highest BCUT2D eigenvalue weighted by molar-refractivity contribution is 5.93. The number of carbonyl (C=O) groups excluding carboxylic acids is 2. The van der Waals surface area contributed by atoms with Crippen molar-refractivity contribution in [3.05, 3.63) is 95.1 Å². The van der Waals surface area contributed by atoms with Crippen LogP contribution in [0.2, 0.25) is 0 Å². The molecule has 0 unspecified atom stereocenters. The van der Waals surface area contributed by atoms with Crippen LogP contribution in [0.5, 0.6) is 0 Å². The van der Waals surface area contributed by atoms with E-state index in [4.69, 9.17) is 15.2 Å². The first-order valence-corrected chi connectivity index (χ1v) is 18.9. The Labute approximate surface area is 302 Å². The Kier molecular flexibility index (Phi) is 13.5. The van der Waals surface area contributed by atoms with E-state index in [0.717, 1.165) is 61.2 Å². The first kappa shape index (κ1) is 37.0. The van der Waals surface area contributed by atoms with Crippen LogP contribution in [-0.4, -0.2) is 71.6 Å². The van der Waals surface area contributed by atoms with Crippen molar-refractivity contribution in [3.8, 4) is 0 Å². The van der Waals surface area contributed by atoms with Crippen molar-refractivity contribution in [1.29, 1.82) is 0 Å². The number of nitrogen functional groups attached to an aromatic ring is 1. The van der Waals surface area contributed by atoms with E-state index in [1.165, 1.54) is 38.8 Å². The molecule has 3 aromatic rings. The fourth-order valence-electron chi connectivity index (χ4n) is 7.55. The molecule has 2 amide bonds. The Morgan fingerprint density at radius 2 is 1.49 bits per heavy atom. The molecule has 10 heteroatoms. The van der Waals surface area contributed by atoms with E-state index < -0.39 is 6.29 Å². The molecule has 3 aromatic carbocycles. The van der Waals surface area contributed by atoms with E-state index >= 15 is 0 Å². The van der Waals surface area contributed by atoms with Gasteiger partial charge in [-0.05, 0) is 87.0 Å². The monoisotopic (exact) mass is 697 g/mol. The van der Waals surface area contributed by atoms with Crippen LogP contribution >= 0.6 is 0 Å². The van der Waals surface area contributed by atoms with Gasteiger partial charge in [-0.15, -0.1) is 0 Å². The summed E-state index contributed by atoms with van der Waals surface area (Å²) in [5.74, 6) is -0.0666. The topological polar surface area (TPSA) is 129 Å². The molecule has 0 aromatic heterocycles. The zero-order valence-electron chi connectivity index (χ0n) is 29.8. The molecule has 0 aliphatic carbocycles.